The van der Waals surface area contributed by atoms with Crippen LogP contribution in [0.5, 0.6) is 5.75 Å². The number of piperidine rings is 1. The third-order valence-electron chi connectivity index (χ3n) is 2.52. The molecular weight excluding hydrogens is 296 g/mol. The van der Waals surface area contributed by atoms with Gasteiger partial charge in [0.15, 0.2) is 0 Å². The summed E-state index contributed by atoms with van der Waals surface area (Å²) in [6, 6.07) is 2.84. The number of rotatable bonds is 2. The van der Waals surface area contributed by atoms with Crippen molar-refractivity contribution in [1.82, 2.24) is 5.32 Å². The number of halogens is 3. The lowest BCUT2D eigenvalue weighted by atomic mass is 10.1. The van der Waals surface area contributed by atoms with Gasteiger partial charge in [-0.3, -0.25) is 0 Å². The Bertz CT molecular complexity index is 382. The van der Waals surface area contributed by atoms with Gasteiger partial charge in [-0.25, -0.2) is 4.39 Å². The van der Waals surface area contributed by atoms with Gasteiger partial charge in [0.05, 0.1) is 9.50 Å². The number of hydrogen-bond acceptors (Lipinski definition) is 2. The SMILES string of the molecule is Fc1cc(OC2CCCNC2)c(Br)cc1Cl. The largest absolute Gasteiger partial charge is 0.488 e. The fourth-order valence-electron chi connectivity index (χ4n) is 1.69. The first-order valence-corrected chi connectivity index (χ1v) is 6.36. The summed E-state index contributed by atoms with van der Waals surface area (Å²) in [7, 11) is 0. The Morgan fingerprint density at radius 1 is 1.50 bits per heavy atom. The van der Waals surface area contributed by atoms with Crippen molar-refractivity contribution in [2.45, 2.75) is 18.9 Å². The molecule has 1 aliphatic rings. The van der Waals surface area contributed by atoms with Crippen molar-refractivity contribution < 1.29 is 9.13 Å². The molecule has 0 bridgehead atoms. The third kappa shape index (κ3) is 2.87. The maximum Gasteiger partial charge on any atom is 0.145 e. The molecule has 0 radical (unpaired) electrons. The lowest BCUT2D eigenvalue weighted by Gasteiger charge is -2.24. The van der Waals surface area contributed by atoms with Crippen LogP contribution >= 0.6 is 27.5 Å². The predicted octanol–water partition coefficient (Wildman–Crippen LogP) is 3.37. The van der Waals surface area contributed by atoms with Crippen molar-refractivity contribution in [3.63, 3.8) is 0 Å². The van der Waals surface area contributed by atoms with Gasteiger partial charge >= 0.3 is 0 Å². The van der Waals surface area contributed by atoms with Crippen LogP contribution in [-0.2, 0) is 0 Å². The normalized spacial score (nSPS) is 20.8. The van der Waals surface area contributed by atoms with Crippen LogP contribution in [-0.4, -0.2) is 19.2 Å². The predicted molar refractivity (Wildman–Crippen MR) is 65.6 cm³/mol. The van der Waals surface area contributed by atoms with Crippen molar-refractivity contribution >= 4 is 27.5 Å². The van der Waals surface area contributed by atoms with Crippen LogP contribution < -0.4 is 10.1 Å². The van der Waals surface area contributed by atoms with Crippen molar-refractivity contribution in [3.05, 3.63) is 27.4 Å². The summed E-state index contributed by atoms with van der Waals surface area (Å²) in [6.45, 7) is 1.83. The smallest absolute Gasteiger partial charge is 0.145 e. The molecule has 1 aromatic carbocycles. The number of benzene rings is 1. The maximum atomic E-state index is 13.3. The molecule has 0 saturated carbocycles. The second kappa shape index (κ2) is 5.34. The molecule has 0 aromatic heterocycles. The topological polar surface area (TPSA) is 21.3 Å². The monoisotopic (exact) mass is 307 g/mol. The second-order valence-corrected chi connectivity index (χ2v) is 5.04. The van der Waals surface area contributed by atoms with Gasteiger partial charge < -0.3 is 10.1 Å². The van der Waals surface area contributed by atoms with Gasteiger partial charge in [-0.2, -0.15) is 0 Å². The maximum absolute atomic E-state index is 13.3. The zero-order chi connectivity index (χ0) is 11.5. The number of nitrogens with one attached hydrogen (secondary N) is 1. The first kappa shape index (κ1) is 12.1. The molecule has 1 aliphatic heterocycles. The average Bonchev–Trinajstić information content (AvgIpc) is 2.27. The molecule has 1 heterocycles. The standard InChI is InChI=1S/C11H12BrClFNO/c12-8-4-9(13)10(14)5-11(8)16-7-2-1-3-15-6-7/h4-5,7,15H,1-3,6H2. The molecule has 1 N–H and O–H groups in total. The highest BCUT2D eigenvalue weighted by Gasteiger charge is 2.16. The van der Waals surface area contributed by atoms with E-state index in [9.17, 15) is 4.39 Å². The Morgan fingerprint density at radius 2 is 2.31 bits per heavy atom. The summed E-state index contributed by atoms with van der Waals surface area (Å²) in [5.41, 5.74) is 0. The summed E-state index contributed by atoms with van der Waals surface area (Å²) in [5.74, 6) is 0.0548. The van der Waals surface area contributed by atoms with E-state index in [2.05, 4.69) is 21.2 Å². The van der Waals surface area contributed by atoms with Gasteiger partial charge in [-0.05, 0) is 41.4 Å². The minimum Gasteiger partial charge on any atom is -0.488 e. The second-order valence-electron chi connectivity index (χ2n) is 3.78. The molecule has 1 aromatic rings. The Labute approximate surface area is 107 Å². The molecule has 2 nitrogen and oxygen atoms in total. The van der Waals surface area contributed by atoms with E-state index in [4.69, 9.17) is 16.3 Å². The molecular formula is C11H12BrClFNO. The van der Waals surface area contributed by atoms with E-state index in [-0.39, 0.29) is 11.1 Å². The quantitative estimate of drug-likeness (QED) is 0.846. The van der Waals surface area contributed by atoms with Crippen LogP contribution in [0.25, 0.3) is 0 Å². The molecule has 1 unspecified atom stereocenters. The molecule has 2 rings (SSSR count). The molecule has 88 valence electrons. The zero-order valence-electron chi connectivity index (χ0n) is 8.60. The number of hydrogen-bond donors (Lipinski definition) is 1. The first-order chi connectivity index (χ1) is 7.66. The van der Waals surface area contributed by atoms with Crippen molar-refractivity contribution in [3.8, 4) is 5.75 Å². The van der Waals surface area contributed by atoms with E-state index < -0.39 is 5.82 Å². The molecule has 0 amide bonds. The number of ether oxygens (including phenoxy) is 1. The molecule has 1 saturated heterocycles. The third-order valence-corrected chi connectivity index (χ3v) is 3.43. The van der Waals surface area contributed by atoms with Gasteiger partial charge in [-0.15, -0.1) is 0 Å². The van der Waals surface area contributed by atoms with Gasteiger partial charge in [0.1, 0.15) is 17.7 Å². The molecule has 0 spiro atoms. The minimum absolute atomic E-state index is 0.0981. The van der Waals surface area contributed by atoms with Crippen LogP contribution in [0.15, 0.2) is 16.6 Å². The first-order valence-electron chi connectivity index (χ1n) is 5.19. The van der Waals surface area contributed by atoms with E-state index in [0.29, 0.717) is 10.2 Å². The molecule has 1 atom stereocenters. The minimum atomic E-state index is -0.455. The summed E-state index contributed by atoms with van der Waals surface area (Å²) in [5, 5.41) is 3.34. The van der Waals surface area contributed by atoms with E-state index >= 15 is 0 Å². The van der Waals surface area contributed by atoms with Crippen LogP contribution in [0.2, 0.25) is 5.02 Å². The van der Waals surface area contributed by atoms with E-state index in [1.54, 1.807) is 0 Å². The average molecular weight is 309 g/mol. The van der Waals surface area contributed by atoms with Crippen LogP contribution in [0.3, 0.4) is 0 Å². The van der Waals surface area contributed by atoms with E-state index in [0.717, 1.165) is 25.9 Å². The molecule has 0 aliphatic carbocycles. The Morgan fingerprint density at radius 3 is 3.00 bits per heavy atom. The zero-order valence-corrected chi connectivity index (χ0v) is 10.9. The van der Waals surface area contributed by atoms with Crippen LogP contribution in [0.4, 0.5) is 4.39 Å². The summed E-state index contributed by atoms with van der Waals surface area (Å²) < 4.78 is 19.7. The van der Waals surface area contributed by atoms with Gasteiger partial charge in [0.2, 0.25) is 0 Å². The summed E-state index contributed by atoms with van der Waals surface area (Å²) in [4.78, 5) is 0. The van der Waals surface area contributed by atoms with Gasteiger partial charge in [0.25, 0.3) is 0 Å². The van der Waals surface area contributed by atoms with Gasteiger partial charge in [0, 0.05) is 12.6 Å². The van der Waals surface area contributed by atoms with Crippen molar-refractivity contribution in [2.24, 2.45) is 0 Å². The van der Waals surface area contributed by atoms with E-state index in [1.165, 1.54) is 12.1 Å². The lowest BCUT2D eigenvalue weighted by Crippen LogP contribution is -2.37. The van der Waals surface area contributed by atoms with Crippen LogP contribution in [0, 0.1) is 5.82 Å². The highest BCUT2D eigenvalue weighted by Crippen LogP contribution is 2.31. The van der Waals surface area contributed by atoms with E-state index in [1.807, 2.05) is 0 Å². The lowest BCUT2D eigenvalue weighted by molar-refractivity contribution is 0.165. The summed E-state index contributed by atoms with van der Waals surface area (Å²) in [6.07, 6.45) is 2.17. The highest BCUT2D eigenvalue weighted by atomic mass is 79.9. The molecule has 16 heavy (non-hydrogen) atoms. The van der Waals surface area contributed by atoms with Crippen molar-refractivity contribution in [1.29, 1.82) is 0 Å². The Balaban J connectivity index is 2.11. The fraction of sp³-hybridized carbons (Fsp3) is 0.455. The van der Waals surface area contributed by atoms with Crippen molar-refractivity contribution in [2.75, 3.05) is 13.1 Å². The molecule has 5 heteroatoms. The summed E-state index contributed by atoms with van der Waals surface area (Å²) >= 11 is 8.97. The Hall–Kier alpha value is -0.320. The van der Waals surface area contributed by atoms with Gasteiger partial charge in [-0.1, -0.05) is 11.6 Å². The fourth-order valence-corrected chi connectivity index (χ4v) is 2.43. The highest BCUT2D eigenvalue weighted by molar-refractivity contribution is 9.10. The Kier molecular flexibility index (Phi) is 4.05. The molecule has 1 fully saturated rings. The van der Waals surface area contributed by atoms with Crippen LogP contribution in [0.1, 0.15) is 12.8 Å².